The summed E-state index contributed by atoms with van der Waals surface area (Å²) in [4.78, 5) is 0. The number of nitriles is 1. The average molecular weight is 187 g/mol. The van der Waals surface area contributed by atoms with Gasteiger partial charge in [-0.1, -0.05) is 32.4 Å². The Bertz CT molecular complexity index is 305. The summed E-state index contributed by atoms with van der Waals surface area (Å²) < 4.78 is 0. The Hall–Kier alpha value is -1.29. The molecule has 0 spiro atoms. The van der Waals surface area contributed by atoms with Crippen molar-refractivity contribution in [3.63, 3.8) is 0 Å². The van der Waals surface area contributed by atoms with E-state index in [2.05, 4.69) is 32.0 Å². The Labute approximate surface area is 86.4 Å². The molecule has 0 heterocycles. The van der Waals surface area contributed by atoms with Crippen molar-refractivity contribution in [1.29, 1.82) is 5.26 Å². The zero-order valence-corrected chi connectivity index (χ0v) is 8.96. The van der Waals surface area contributed by atoms with Gasteiger partial charge in [0.2, 0.25) is 0 Å². The molecular formula is C13H17N. The average Bonchev–Trinajstić information content (AvgIpc) is 2.26. The van der Waals surface area contributed by atoms with Crippen LogP contribution in [0, 0.1) is 17.2 Å². The van der Waals surface area contributed by atoms with Gasteiger partial charge in [0.25, 0.3) is 0 Å². The van der Waals surface area contributed by atoms with E-state index in [-0.39, 0.29) is 0 Å². The summed E-state index contributed by atoms with van der Waals surface area (Å²) in [7, 11) is 0. The van der Waals surface area contributed by atoms with Gasteiger partial charge in [0.15, 0.2) is 0 Å². The number of rotatable bonds is 4. The van der Waals surface area contributed by atoms with Crippen LogP contribution in [-0.2, 0) is 6.42 Å². The fourth-order valence-corrected chi connectivity index (χ4v) is 1.36. The normalized spacial score (nSPS) is 12.1. The fraction of sp³-hybridized carbons (Fsp3) is 0.462. The number of nitrogens with zero attached hydrogens (tertiary/aromatic N) is 1. The molecule has 1 nitrogen and oxygen atoms in total. The highest BCUT2D eigenvalue weighted by Crippen LogP contribution is 2.12. The molecule has 0 aliphatic carbocycles. The lowest BCUT2D eigenvalue weighted by Crippen LogP contribution is -1.95. The van der Waals surface area contributed by atoms with Crippen molar-refractivity contribution in [2.75, 3.05) is 0 Å². The number of aryl methyl sites for hydroxylation is 1. The van der Waals surface area contributed by atoms with Gasteiger partial charge >= 0.3 is 0 Å². The molecule has 1 heteroatoms. The second-order valence-electron chi connectivity index (χ2n) is 3.86. The highest BCUT2D eigenvalue weighted by atomic mass is 14.2. The molecular weight excluding hydrogens is 170 g/mol. The first-order chi connectivity index (χ1) is 6.76. The third-order valence-electron chi connectivity index (χ3n) is 2.71. The van der Waals surface area contributed by atoms with E-state index in [9.17, 15) is 0 Å². The van der Waals surface area contributed by atoms with E-state index >= 15 is 0 Å². The first kappa shape index (κ1) is 10.8. The van der Waals surface area contributed by atoms with E-state index in [0.717, 1.165) is 17.9 Å². The summed E-state index contributed by atoms with van der Waals surface area (Å²) in [6.45, 7) is 4.51. The molecule has 74 valence electrons. The maximum absolute atomic E-state index is 8.63. The molecule has 0 radical (unpaired) electrons. The van der Waals surface area contributed by atoms with Crippen molar-refractivity contribution in [3.05, 3.63) is 35.4 Å². The maximum Gasteiger partial charge on any atom is 0.0991 e. The van der Waals surface area contributed by atoms with Gasteiger partial charge in [-0.2, -0.15) is 5.26 Å². The Morgan fingerprint density at radius 1 is 1.29 bits per heavy atom. The van der Waals surface area contributed by atoms with Gasteiger partial charge in [0.1, 0.15) is 0 Å². The summed E-state index contributed by atoms with van der Waals surface area (Å²) >= 11 is 0. The second kappa shape index (κ2) is 5.44. The van der Waals surface area contributed by atoms with E-state index in [1.54, 1.807) is 0 Å². The molecule has 0 fully saturated rings. The van der Waals surface area contributed by atoms with Crippen molar-refractivity contribution >= 4 is 0 Å². The molecule has 0 bridgehead atoms. The van der Waals surface area contributed by atoms with Crippen LogP contribution in [0.2, 0.25) is 0 Å². The highest BCUT2D eigenvalue weighted by Gasteiger charge is 1.99. The molecule has 0 N–H and O–H groups in total. The zero-order valence-electron chi connectivity index (χ0n) is 8.96. The Kier molecular flexibility index (Phi) is 4.19. The number of hydrogen-bond acceptors (Lipinski definition) is 1. The van der Waals surface area contributed by atoms with Crippen LogP contribution >= 0.6 is 0 Å². The van der Waals surface area contributed by atoms with E-state index in [1.807, 2.05) is 12.1 Å². The molecule has 0 saturated carbocycles. The number of benzene rings is 1. The molecule has 0 aliphatic heterocycles. The van der Waals surface area contributed by atoms with Crippen LogP contribution in [0.4, 0.5) is 0 Å². The minimum absolute atomic E-state index is 0.747. The number of hydrogen-bond donors (Lipinski definition) is 0. The van der Waals surface area contributed by atoms with Crippen LogP contribution in [0.15, 0.2) is 24.3 Å². The second-order valence-corrected chi connectivity index (χ2v) is 3.86. The van der Waals surface area contributed by atoms with Crippen molar-refractivity contribution in [2.45, 2.75) is 33.1 Å². The quantitative estimate of drug-likeness (QED) is 0.707. The van der Waals surface area contributed by atoms with E-state index in [0.29, 0.717) is 0 Å². The predicted octanol–water partition coefficient (Wildman–Crippen LogP) is 3.54. The molecule has 1 aromatic rings. The van der Waals surface area contributed by atoms with Gasteiger partial charge in [-0.25, -0.2) is 0 Å². The first-order valence-corrected chi connectivity index (χ1v) is 5.25. The zero-order chi connectivity index (χ0) is 10.4. The molecule has 0 saturated heterocycles. The minimum atomic E-state index is 0.747. The fourth-order valence-electron chi connectivity index (χ4n) is 1.36. The minimum Gasteiger partial charge on any atom is -0.192 e. The molecule has 0 aliphatic rings. The Balaban J connectivity index is 2.49. The molecule has 0 amide bonds. The SMILES string of the molecule is CC[C@H](C)CCc1ccc(C#N)cc1. The standard InChI is InChI=1S/C13H17N/c1-3-11(2)4-5-12-6-8-13(10-14)9-7-12/h6-9,11H,3-5H2,1-2H3/t11-/m0/s1. The van der Waals surface area contributed by atoms with Gasteiger partial charge in [-0.05, 0) is 36.5 Å². The summed E-state index contributed by atoms with van der Waals surface area (Å²) in [6, 6.07) is 10.0. The Morgan fingerprint density at radius 3 is 2.43 bits per heavy atom. The predicted molar refractivity (Wildman–Crippen MR) is 58.9 cm³/mol. The van der Waals surface area contributed by atoms with Gasteiger partial charge in [-0.3, -0.25) is 0 Å². The van der Waals surface area contributed by atoms with Crippen molar-refractivity contribution in [2.24, 2.45) is 5.92 Å². The molecule has 0 unspecified atom stereocenters. The van der Waals surface area contributed by atoms with E-state index in [4.69, 9.17) is 5.26 Å². The summed E-state index contributed by atoms with van der Waals surface area (Å²) in [5.74, 6) is 0.797. The van der Waals surface area contributed by atoms with E-state index in [1.165, 1.54) is 18.4 Å². The van der Waals surface area contributed by atoms with Crippen molar-refractivity contribution < 1.29 is 0 Å². The smallest absolute Gasteiger partial charge is 0.0991 e. The Morgan fingerprint density at radius 2 is 1.93 bits per heavy atom. The topological polar surface area (TPSA) is 23.8 Å². The molecule has 1 aromatic carbocycles. The van der Waals surface area contributed by atoms with Crippen molar-refractivity contribution in [3.8, 4) is 6.07 Å². The van der Waals surface area contributed by atoms with E-state index < -0.39 is 0 Å². The molecule has 14 heavy (non-hydrogen) atoms. The summed E-state index contributed by atoms with van der Waals surface area (Å²) in [6.07, 6.45) is 3.61. The first-order valence-electron chi connectivity index (χ1n) is 5.25. The van der Waals surface area contributed by atoms with Crippen LogP contribution in [-0.4, -0.2) is 0 Å². The molecule has 0 aromatic heterocycles. The highest BCUT2D eigenvalue weighted by molar-refractivity contribution is 5.31. The summed E-state index contributed by atoms with van der Waals surface area (Å²) in [5, 5.41) is 8.63. The third kappa shape index (κ3) is 3.22. The van der Waals surface area contributed by atoms with Crippen LogP contribution in [0.3, 0.4) is 0 Å². The van der Waals surface area contributed by atoms with Gasteiger partial charge in [0.05, 0.1) is 11.6 Å². The van der Waals surface area contributed by atoms with Gasteiger partial charge < -0.3 is 0 Å². The lowest BCUT2D eigenvalue weighted by molar-refractivity contribution is 0.516. The molecule has 1 rings (SSSR count). The van der Waals surface area contributed by atoms with Crippen LogP contribution in [0.25, 0.3) is 0 Å². The lowest BCUT2D eigenvalue weighted by atomic mass is 9.99. The van der Waals surface area contributed by atoms with Crippen LogP contribution in [0.1, 0.15) is 37.8 Å². The van der Waals surface area contributed by atoms with Crippen molar-refractivity contribution in [1.82, 2.24) is 0 Å². The van der Waals surface area contributed by atoms with Crippen LogP contribution < -0.4 is 0 Å². The largest absolute Gasteiger partial charge is 0.192 e. The lowest BCUT2D eigenvalue weighted by Gasteiger charge is -2.07. The molecule has 1 atom stereocenters. The van der Waals surface area contributed by atoms with Crippen LogP contribution in [0.5, 0.6) is 0 Å². The summed E-state index contributed by atoms with van der Waals surface area (Å²) in [5.41, 5.74) is 2.08. The third-order valence-corrected chi connectivity index (χ3v) is 2.71. The van der Waals surface area contributed by atoms with Gasteiger partial charge in [0, 0.05) is 0 Å². The monoisotopic (exact) mass is 187 g/mol. The maximum atomic E-state index is 8.63. The van der Waals surface area contributed by atoms with Gasteiger partial charge in [-0.15, -0.1) is 0 Å².